The Morgan fingerprint density at radius 2 is 2.06 bits per heavy atom. The van der Waals surface area contributed by atoms with Crippen molar-refractivity contribution in [2.45, 2.75) is 13.3 Å². The van der Waals surface area contributed by atoms with Crippen molar-refractivity contribution in [3.8, 4) is 0 Å². The minimum absolute atomic E-state index is 0.00532. The summed E-state index contributed by atoms with van der Waals surface area (Å²) in [7, 11) is -0.184. The molecular formula is C10H19N5O2S. The molecule has 102 valence electrons. The van der Waals surface area contributed by atoms with Gasteiger partial charge >= 0.3 is 0 Å². The van der Waals surface area contributed by atoms with Crippen molar-refractivity contribution in [1.82, 2.24) is 14.3 Å². The molecular weight excluding hydrogens is 254 g/mol. The predicted octanol–water partition coefficient (Wildman–Crippen LogP) is -0.0755. The summed E-state index contributed by atoms with van der Waals surface area (Å²) >= 11 is 0. The molecule has 0 saturated carbocycles. The normalized spacial score (nSPS) is 11.8. The predicted molar refractivity (Wildman–Crippen MR) is 71.8 cm³/mol. The molecule has 1 aromatic heterocycles. The van der Waals surface area contributed by atoms with Crippen LogP contribution in [0.15, 0.2) is 6.07 Å². The molecule has 1 aromatic rings. The largest absolute Gasteiger partial charge is 0.384 e. The van der Waals surface area contributed by atoms with Crippen LogP contribution in [0.2, 0.25) is 0 Å². The molecule has 0 aliphatic heterocycles. The smallest absolute Gasteiger partial charge is 0.215 e. The summed E-state index contributed by atoms with van der Waals surface area (Å²) in [5.74, 6) is 1.56. The summed E-state index contributed by atoms with van der Waals surface area (Å²) < 4.78 is 24.3. The van der Waals surface area contributed by atoms with Crippen LogP contribution in [-0.4, -0.2) is 49.1 Å². The van der Waals surface area contributed by atoms with Crippen molar-refractivity contribution in [1.29, 1.82) is 0 Å². The van der Waals surface area contributed by atoms with E-state index in [1.807, 2.05) is 6.92 Å². The first-order valence-corrected chi connectivity index (χ1v) is 7.23. The zero-order valence-corrected chi connectivity index (χ0v) is 11.7. The first-order chi connectivity index (χ1) is 8.35. The van der Waals surface area contributed by atoms with E-state index < -0.39 is 10.0 Å². The summed E-state index contributed by atoms with van der Waals surface area (Å²) in [6, 6.07) is 1.58. The molecule has 0 radical (unpaired) electrons. The Morgan fingerprint density at radius 3 is 2.61 bits per heavy atom. The van der Waals surface area contributed by atoms with Crippen molar-refractivity contribution >= 4 is 21.7 Å². The van der Waals surface area contributed by atoms with Crippen LogP contribution >= 0.6 is 0 Å². The van der Waals surface area contributed by atoms with E-state index in [2.05, 4.69) is 15.3 Å². The van der Waals surface area contributed by atoms with E-state index in [-0.39, 0.29) is 12.3 Å². The number of nitrogens with zero attached hydrogens (tertiary/aromatic N) is 3. The summed E-state index contributed by atoms with van der Waals surface area (Å²) in [6.45, 7) is 2.20. The van der Waals surface area contributed by atoms with Crippen LogP contribution in [0.5, 0.6) is 0 Å². The quantitative estimate of drug-likeness (QED) is 0.752. The summed E-state index contributed by atoms with van der Waals surface area (Å²) in [4.78, 5) is 8.24. The number of nitrogen functional groups attached to an aromatic ring is 1. The molecule has 3 N–H and O–H groups in total. The molecule has 0 atom stereocenters. The van der Waals surface area contributed by atoms with Gasteiger partial charge in [0.2, 0.25) is 10.0 Å². The fourth-order valence-electron chi connectivity index (χ4n) is 1.26. The second-order valence-corrected chi connectivity index (χ2v) is 6.28. The van der Waals surface area contributed by atoms with Gasteiger partial charge in [0, 0.05) is 33.1 Å². The van der Waals surface area contributed by atoms with Gasteiger partial charge in [-0.2, -0.15) is 0 Å². The van der Waals surface area contributed by atoms with E-state index >= 15 is 0 Å². The molecule has 0 fully saturated rings. The summed E-state index contributed by atoms with van der Waals surface area (Å²) in [6.07, 6.45) is 0.676. The van der Waals surface area contributed by atoms with E-state index in [1.54, 1.807) is 6.07 Å². The lowest BCUT2D eigenvalue weighted by molar-refractivity contribution is 0.521. The molecule has 0 aromatic carbocycles. The summed E-state index contributed by atoms with van der Waals surface area (Å²) in [5.41, 5.74) is 5.62. The van der Waals surface area contributed by atoms with Crippen LogP contribution in [0, 0.1) is 0 Å². The Labute approximate surface area is 107 Å². The van der Waals surface area contributed by atoms with Crippen molar-refractivity contribution in [3.63, 3.8) is 0 Å². The maximum absolute atomic E-state index is 11.5. The fraction of sp³-hybridized carbons (Fsp3) is 0.600. The first kappa shape index (κ1) is 14.7. The van der Waals surface area contributed by atoms with Crippen molar-refractivity contribution in [2.75, 3.05) is 37.4 Å². The second-order valence-electron chi connectivity index (χ2n) is 3.97. The van der Waals surface area contributed by atoms with Crippen LogP contribution in [-0.2, 0) is 16.4 Å². The number of anilines is 2. The Hall–Kier alpha value is -1.41. The maximum atomic E-state index is 11.5. The van der Waals surface area contributed by atoms with Gasteiger partial charge < -0.3 is 11.1 Å². The highest BCUT2D eigenvalue weighted by molar-refractivity contribution is 7.89. The zero-order valence-electron chi connectivity index (χ0n) is 10.8. The Morgan fingerprint density at radius 1 is 1.39 bits per heavy atom. The molecule has 0 bridgehead atoms. The van der Waals surface area contributed by atoms with Crippen LogP contribution < -0.4 is 11.1 Å². The minimum atomic E-state index is -3.20. The minimum Gasteiger partial charge on any atom is -0.384 e. The van der Waals surface area contributed by atoms with Crippen molar-refractivity contribution in [3.05, 3.63) is 11.9 Å². The number of nitrogens with one attached hydrogen (secondary N) is 1. The van der Waals surface area contributed by atoms with Gasteiger partial charge in [-0.1, -0.05) is 6.92 Å². The SMILES string of the molecule is CCc1nc(N)cc(NCCS(=O)(=O)N(C)C)n1. The number of hydrogen-bond donors (Lipinski definition) is 2. The van der Waals surface area contributed by atoms with Crippen molar-refractivity contribution < 1.29 is 8.42 Å². The lowest BCUT2D eigenvalue weighted by atomic mass is 10.4. The second kappa shape index (κ2) is 5.96. The third kappa shape index (κ3) is 4.11. The molecule has 1 rings (SSSR count). The van der Waals surface area contributed by atoms with E-state index in [0.717, 1.165) is 0 Å². The summed E-state index contributed by atoms with van der Waals surface area (Å²) in [5, 5.41) is 2.93. The topological polar surface area (TPSA) is 101 Å². The van der Waals surface area contributed by atoms with E-state index in [9.17, 15) is 8.42 Å². The lowest BCUT2D eigenvalue weighted by Crippen LogP contribution is -2.28. The lowest BCUT2D eigenvalue weighted by Gasteiger charge is -2.12. The van der Waals surface area contributed by atoms with Gasteiger partial charge in [0.15, 0.2) is 0 Å². The average molecular weight is 273 g/mol. The highest BCUT2D eigenvalue weighted by Crippen LogP contribution is 2.08. The first-order valence-electron chi connectivity index (χ1n) is 5.62. The van der Waals surface area contributed by atoms with Crippen LogP contribution in [0.4, 0.5) is 11.6 Å². The molecule has 8 heteroatoms. The van der Waals surface area contributed by atoms with Gasteiger partial charge in [0.05, 0.1) is 5.75 Å². The van der Waals surface area contributed by atoms with Crippen LogP contribution in [0.25, 0.3) is 0 Å². The Balaban J connectivity index is 2.62. The zero-order chi connectivity index (χ0) is 13.8. The molecule has 0 amide bonds. The van der Waals surface area contributed by atoms with Gasteiger partial charge in [-0.15, -0.1) is 0 Å². The number of nitrogens with two attached hydrogens (primary N) is 1. The average Bonchev–Trinajstić information content (AvgIpc) is 2.27. The molecule has 0 spiro atoms. The third-order valence-electron chi connectivity index (χ3n) is 2.33. The molecule has 0 saturated heterocycles. The maximum Gasteiger partial charge on any atom is 0.215 e. The van der Waals surface area contributed by atoms with E-state index in [4.69, 9.17) is 5.73 Å². The molecule has 0 aliphatic rings. The Bertz CT molecular complexity index is 501. The van der Waals surface area contributed by atoms with Gasteiger partial charge in [-0.25, -0.2) is 22.7 Å². The van der Waals surface area contributed by atoms with Gasteiger partial charge in [-0.3, -0.25) is 0 Å². The highest BCUT2D eigenvalue weighted by atomic mass is 32.2. The van der Waals surface area contributed by atoms with E-state index in [0.29, 0.717) is 23.9 Å². The molecule has 1 heterocycles. The van der Waals surface area contributed by atoms with Crippen LogP contribution in [0.1, 0.15) is 12.7 Å². The molecule has 0 unspecified atom stereocenters. The van der Waals surface area contributed by atoms with Gasteiger partial charge in [-0.05, 0) is 0 Å². The van der Waals surface area contributed by atoms with Crippen LogP contribution in [0.3, 0.4) is 0 Å². The van der Waals surface area contributed by atoms with Crippen molar-refractivity contribution in [2.24, 2.45) is 0 Å². The van der Waals surface area contributed by atoms with Gasteiger partial charge in [0.25, 0.3) is 0 Å². The molecule has 0 aliphatic carbocycles. The number of aryl methyl sites for hydroxylation is 1. The standard InChI is InChI=1S/C10H19N5O2S/c1-4-9-13-8(11)7-10(14-9)12-5-6-18(16,17)15(2)3/h7H,4-6H2,1-3H3,(H3,11,12,13,14). The number of aromatic nitrogens is 2. The number of hydrogen-bond acceptors (Lipinski definition) is 6. The Kier molecular flexibility index (Phi) is 4.85. The third-order valence-corrected chi connectivity index (χ3v) is 4.16. The molecule has 18 heavy (non-hydrogen) atoms. The monoisotopic (exact) mass is 273 g/mol. The highest BCUT2D eigenvalue weighted by Gasteiger charge is 2.12. The fourth-order valence-corrected chi connectivity index (χ4v) is 1.98. The molecule has 7 nitrogen and oxygen atoms in total. The number of rotatable bonds is 6. The van der Waals surface area contributed by atoms with Gasteiger partial charge in [0.1, 0.15) is 17.5 Å². The number of sulfonamides is 1. The van der Waals surface area contributed by atoms with E-state index in [1.165, 1.54) is 18.4 Å².